The Labute approximate surface area is 196 Å². The molecule has 7 heteroatoms. The van der Waals surface area contributed by atoms with Crippen molar-refractivity contribution in [1.82, 2.24) is 5.32 Å². The van der Waals surface area contributed by atoms with E-state index in [4.69, 9.17) is 4.74 Å². The van der Waals surface area contributed by atoms with Gasteiger partial charge in [0, 0.05) is 41.7 Å². The van der Waals surface area contributed by atoms with Crippen molar-refractivity contribution in [3.05, 3.63) is 77.4 Å². The molecule has 1 aliphatic heterocycles. The average molecular weight is 467 g/mol. The van der Waals surface area contributed by atoms with Crippen molar-refractivity contribution in [2.75, 3.05) is 16.6 Å². The SMILES string of the molecule is CCSN(CC1CC1)c1ccc(Oc2ccc(F)cc2F)c(-c2cccc3c2CNC3=O)c1. The zero-order chi connectivity index (χ0) is 22.9. The van der Waals surface area contributed by atoms with Gasteiger partial charge in [-0.2, -0.15) is 0 Å². The number of rotatable bonds is 8. The molecule has 5 rings (SSSR count). The van der Waals surface area contributed by atoms with Crippen molar-refractivity contribution in [2.45, 2.75) is 26.3 Å². The lowest BCUT2D eigenvalue weighted by atomic mass is 9.95. The maximum absolute atomic E-state index is 14.4. The van der Waals surface area contributed by atoms with E-state index >= 15 is 0 Å². The Morgan fingerprint density at radius 1 is 1.03 bits per heavy atom. The highest BCUT2D eigenvalue weighted by Crippen LogP contribution is 2.42. The van der Waals surface area contributed by atoms with Crippen LogP contribution < -0.4 is 14.4 Å². The van der Waals surface area contributed by atoms with E-state index in [0.29, 0.717) is 23.8 Å². The Bertz CT molecular complexity index is 1210. The van der Waals surface area contributed by atoms with Crippen LogP contribution in [0.25, 0.3) is 11.1 Å². The molecular formula is C26H24F2N2O2S. The maximum Gasteiger partial charge on any atom is 0.251 e. The van der Waals surface area contributed by atoms with Gasteiger partial charge in [0.15, 0.2) is 11.6 Å². The van der Waals surface area contributed by atoms with E-state index in [1.807, 2.05) is 30.3 Å². The van der Waals surface area contributed by atoms with Crippen LogP contribution in [-0.4, -0.2) is 18.2 Å². The molecule has 1 fully saturated rings. The zero-order valence-electron chi connectivity index (χ0n) is 18.2. The number of benzene rings is 3. The summed E-state index contributed by atoms with van der Waals surface area (Å²) in [5.74, 6) is 0.520. The van der Waals surface area contributed by atoms with Crippen LogP contribution in [-0.2, 0) is 6.54 Å². The fraction of sp³-hybridized carbons (Fsp3) is 0.269. The lowest BCUT2D eigenvalue weighted by Crippen LogP contribution is -2.18. The molecule has 0 saturated heterocycles. The molecule has 1 saturated carbocycles. The van der Waals surface area contributed by atoms with E-state index in [0.717, 1.165) is 40.7 Å². The third-order valence-corrected chi connectivity index (χ3v) is 6.84. The molecule has 0 atom stereocenters. The summed E-state index contributed by atoms with van der Waals surface area (Å²) in [6.45, 7) is 3.52. The second-order valence-electron chi connectivity index (χ2n) is 8.29. The minimum atomic E-state index is -0.767. The topological polar surface area (TPSA) is 41.6 Å². The first-order valence-corrected chi connectivity index (χ1v) is 12.1. The second-order valence-corrected chi connectivity index (χ2v) is 9.57. The highest BCUT2D eigenvalue weighted by atomic mass is 32.2. The smallest absolute Gasteiger partial charge is 0.251 e. The predicted molar refractivity (Wildman–Crippen MR) is 128 cm³/mol. The van der Waals surface area contributed by atoms with Gasteiger partial charge in [0.25, 0.3) is 5.91 Å². The van der Waals surface area contributed by atoms with Gasteiger partial charge in [-0.15, -0.1) is 0 Å². The van der Waals surface area contributed by atoms with E-state index < -0.39 is 11.6 Å². The minimum Gasteiger partial charge on any atom is -0.454 e. The van der Waals surface area contributed by atoms with Crippen LogP contribution in [0, 0.1) is 17.6 Å². The standard InChI is InChI=1S/C26H24F2N2O2S/c1-2-33-30(15-16-6-7-16)18-9-11-24(32-25-10-8-17(27)12-23(25)28)21(13-18)19-4-3-5-20-22(19)14-29-26(20)31/h3-5,8-13,16H,2,6-7,14-15H2,1H3,(H,29,31). The molecule has 1 heterocycles. The lowest BCUT2D eigenvalue weighted by Gasteiger charge is -2.24. The number of nitrogens with one attached hydrogen (secondary N) is 1. The summed E-state index contributed by atoms with van der Waals surface area (Å²) < 4.78 is 36.0. The fourth-order valence-electron chi connectivity index (χ4n) is 4.08. The number of anilines is 1. The first-order valence-electron chi connectivity index (χ1n) is 11.1. The molecule has 33 heavy (non-hydrogen) atoms. The Kier molecular flexibility index (Phi) is 5.98. The van der Waals surface area contributed by atoms with Crippen LogP contribution in [0.2, 0.25) is 0 Å². The van der Waals surface area contributed by atoms with Crippen LogP contribution >= 0.6 is 11.9 Å². The highest BCUT2D eigenvalue weighted by molar-refractivity contribution is 8.00. The van der Waals surface area contributed by atoms with Gasteiger partial charge in [-0.1, -0.05) is 31.0 Å². The largest absolute Gasteiger partial charge is 0.454 e. The molecule has 170 valence electrons. The molecule has 0 unspecified atom stereocenters. The number of amides is 1. The molecule has 0 bridgehead atoms. The molecule has 1 aliphatic carbocycles. The third kappa shape index (κ3) is 4.55. The summed E-state index contributed by atoms with van der Waals surface area (Å²) in [7, 11) is 0. The Morgan fingerprint density at radius 2 is 1.82 bits per heavy atom. The molecule has 0 spiro atoms. The summed E-state index contributed by atoms with van der Waals surface area (Å²) >= 11 is 1.77. The molecule has 3 aromatic rings. The number of hydrogen-bond donors (Lipinski definition) is 1. The van der Waals surface area contributed by atoms with E-state index in [-0.39, 0.29) is 11.7 Å². The van der Waals surface area contributed by atoms with Crippen molar-refractivity contribution < 1.29 is 18.3 Å². The van der Waals surface area contributed by atoms with Gasteiger partial charge in [0.2, 0.25) is 0 Å². The van der Waals surface area contributed by atoms with Gasteiger partial charge in [-0.3, -0.25) is 4.79 Å². The summed E-state index contributed by atoms with van der Waals surface area (Å²) in [5.41, 5.74) is 4.18. The Morgan fingerprint density at radius 3 is 2.58 bits per heavy atom. The molecule has 3 aromatic carbocycles. The van der Waals surface area contributed by atoms with Crippen molar-refractivity contribution in [2.24, 2.45) is 5.92 Å². The van der Waals surface area contributed by atoms with Crippen molar-refractivity contribution >= 4 is 23.5 Å². The van der Waals surface area contributed by atoms with Gasteiger partial charge in [0.1, 0.15) is 11.6 Å². The van der Waals surface area contributed by atoms with Gasteiger partial charge in [-0.25, -0.2) is 8.78 Å². The number of carbonyl (C=O) groups is 1. The van der Waals surface area contributed by atoms with E-state index in [1.165, 1.54) is 25.0 Å². The Balaban J connectivity index is 1.61. The third-order valence-electron chi connectivity index (χ3n) is 5.91. The fourth-order valence-corrected chi connectivity index (χ4v) is 4.97. The predicted octanol–water partition coefficient (Wildman–Crippen LogP) is 6.55. The van der Waals surface area contributed by atoms with E-state index in [2.05, 4.69) is 16.5 Å². The second kappa shape index (κ2) is 9.06. The minimum absolute atomic E-state index is 0.0510. The molecular weight excluding hydrogens is 442 g/mol. The Hall–Kier alpha value is -3.06. The molecule has 0 radical (unpaired) electrons. The van der Waals surface area contributed by atoms with Crippen LogP contribution in [0.4, 0.5) is 14.5 Å². The van der Waals surface area contributed by atoms with Gasteiger partial charge in [-0.05, 0) is 66.3 Å². The monoisotopic (exact) mass is 466 g/mol. The van der Waals surface area contributed by atoms with Crippen LogP contribution in [0.1, 0.15) is 35.7 Å². The van der Waals surface area contributed by atoms with Gasteiger partial charge < -0.3 is 14.4 Å². The highest BCUT2D eigenvalue weighted by Gasteiger charge is 2.27. The normalized spacial score (nSPS) is 14.7. The van der Waals surface area contributed by atoms with E-state index in [1.54, 1.807) is 18.0 Å². The van der Waals surface area contributed by atoms with Crippen LogP contribution in [0.3, 0.4) is 0 Å². The molecule has 2 aliphatic rings. The van der Waals surface area contributed by atoms with E-state index in [9.17, 15) is 13.6 Å². The first kappa shape index (κ1) is 21.8. The summed E-state index contributed by atoms with van der Waals surface area (Å²) in [6, 6.07) is 14.7. The number of hydrogen-bond acceptors (Lipinski definition) is 4. The first-order chi connectivity index (χ1) is 16.0. The number of ether oxygens (including phenoxy) is 1. The summed E-state index contributed by atoms with van der Waals surface area (Å²) in [5, 5.41) is 2.88. The van der Waals surface area contributed by atoms with Crippen molar-refractivity contribution in [3.8, 4) is 22.6 Å². The number of nitrogens with zero attached hydrogens (tertiary/aromatic N) is 1. The number of fused-ring (bicyclic) bond motifs is 1. The zero-order valence-corrected chi connectivity index (χ0v) is 19.1. The molecule has 4 nitrogen and oxygen atoms in total. The van der Waals surface area contributed by atoms with Crippen molar-refractivity contribution in [3.63, 3.8) is 0 Å². The van der Waals surface area contributed by atoms with Gasteiger partial charge >= 0.3 is 0 Å². The number of halogens is 2. The maximum atomic E-state index is 14.4. The summed E-state index contributed by atoms with van der Waals surface area (Å²) in [4.78, 5) is 12.3. The quantitative estimate of drug-likeness (QED) is 0.382. The molecule has 0 aromatic heterocycles. The molecule has 1 amide bonds. The summed E-state index contributed by atoms with van der Waals surface area (Å²) in [6.07, 6.45) is 2.50. The number of carbonyl (C=O) groups excluding carboxylic acids is 1. The van der Waals surface area contributed by atoms with Gasteiger partial charge in [0.05, 0.1) is 0 Å². The van der Waals surface area contributed by atoms with Crippen LogP contribution in [0.15, 0.2) is 54.6 Å². The lowest BCUT2D eigenvalue weighted by molar-refractivity contribution is 0.0965. The average Bonchev–Trinajstić information content (AvgIpc) is 3.55. The molecule has 1 N–H and O–H groups in total. The van der Waals surface area contributed by atoms with Crippen LogP contribution in [0.5, 0.6) is 11.5 Å². The van der Waals surface area contributed by atoms with Crippen molar-refractivity contribution in [1.29, 1.82) is 0 Å².